The van der Waals surface area contributed by atoms with E-state index in [1.807, 2.05) is 6.07 Å². The zero-order valence-electron chi connectivity index (χ0n) is 26.5. The first-order valence-electron chi connectivity index (χ1n) is 16.3. The number of anilines is 1. The Balaban J connectivity index is 1.22. The number of rotatable bonds is 10. The van der Waals surface area contributed by atoms with Crippen molar-refractivity contribution in [3.63, 3.8) is 0 Å². The van der Waals surface area contributed by atoms with Crippen LogP contribution in [0.5, 0.6) is 0 Å². The van der Waals surface area contributed by atoms with Gasteiger partial charge in [0.05, 0.1) is 17.0 Å². The third-order valence-corrected chi connectivity index (χ3v) is 11.7. The average molecular weight is 656 g/mol. The lowest BCUT2D eigenvalue weighted by Crippen LogP contribution is -2.39. The van der Waals surface area contributed by atoms with Gasteiger partial charge in [-0.1, -0.05) is 19.9 Å². The van der Waals surface area contributed by atoms with E-state index in [0.29, 0.717) is 54.4 Å². The van der Waals surface area contributed by atoms with E-state index in [1.54, 1.807) is 0 Å². The quantitative estimate of drug-likeness (QED) is 0.297. The Hall–Kier alpha value is -3.19. The smallest absolute Gasteiger partial charge is 0.243 e. The van der Waals surface area contributed by atoms with E-state index >= 15 is 0 Å². The molecule has 0 spiro atoms. The monoisotopic (exact) mass is 655 g/mol. The number of aromatic nitrogens is 2. The van der Waals surface area contributed by atoms with Gasteiger partial charge in [0.25, 0.3) is 0 Å². The molecule has 0 amide bonds. The first-order chi connectivity index (χ1) is 22.1. The topological polar surface area (TPSA) is 108 Å². The van der Waals surface area contributed by atoms with E-state index in [2.05, 4.69) is 46.4 Å². The van der Waals surface area contributed by atoms with Crippen molar-refractivity contribution < 1.29 is 26.7 Å². The largest absolute Gasteiger partial charge is 0.382 e. The third kappa shape index (κ3) is 7.20. The number of benzene rings is 2. The van der Waals surface area contributed by atoms with Crippen LogP contribution in [-0.2, 0) is 40.6 Å². The zero-order valence-corrected chi connectivity index (χ0v) is 27.3. The van der Waals surface area contributed by atoms with Gasteiger partial charge in [0.15, 0.2) is 5.78 Å². The number of H-pyrrole nitrogens is 1. The van der Waals surface area contributed by atoms with E-state index in [1.165, 1.54) is 9.87 Å². The summed E-state index contributed by atoms with van der Waals surface area (Å²) in [5.41, 5.74) is 4.47. The van der Waals surface area contributed by atoms with Crippen molar-refractivity contribution in [1.82, 2.24) is 19.4 Å². The van der Waals surface area contributed by atoms with Crippen LogP contribution in [0.1, 0.15) is 66.0 Å². The van der Waals surface area contributed by atoms with Crippen molar-refractivity contribution in [3.05, 3.63) is 76.1 Å². The van der Waals surface area contributed by atoms with E-state index in [4.69, 9.17) is 4.74 Å². The highest BCUT2D eigenvalue weighted by Crippen LogP contribution is 2.31. The first kappa shape index (κ1) is 32.7. The summed E-state index contributed by atoms with van der Waals surface area (Å²) in [6, 6.07) is 8.59. The lowest BCUT2D eigenvalue weighted by atomic mass is 9.82. The molecule has 2 saturated heterocycles. The second kappa shape index (κ2) is 13.9. The Bertz CT molecular complexity index is 1650. The number of hydrogen-bond acceptors (Lipinski definition) is 7. The molecule has 6 rings (SSSR count). The summed E-state index contributed by atoms with van der Waals surface area (Å²) in [6.45, 7) is 9.27. The summed E-state index contributed by atoms with van der Waals surface area (Å²) in [5, 5.41) is 11.0. The highest BCUT2D eigenvalue weighted by Gasteiger charge is 2.33. The van der Waals surface area contributed by atoms with Crippen molar-refractivity contribution in [2.24, 2.45) is 11.8 Å². The van der Waals surface area contributed by atoms with Crippen LogP contribution in [0.3, 0.4) is 0 Å². The number of likely N-dealkylation sites (tertiary alicyclic amines) is 1. The maximum atomic E-state index is 13.9. The Morgan fingerprint density at radius 2 is 1.85 bits per heavy atom. The van der Waals surface area contributed by atoms with Crippen LogP contribution in [-0.4, -0.2) is 79.0 Å². The number of ketones is 1. The molecule has 2 aromatic carbocycles. The lowest BCUT2D eigenvalue weighted by molar-refractivity contribution is 0.0904. The molecule has 0 saturated carbocycles. The fraction of sp³-hybridized carbons (Fsp3) is 0.529. The Labute approximate surface area is 269 Å². The van der Waals surface area contributed by atoms with Gasteiger partial charge in [0.2, 0.25) is 10.0 Å². The summed E-state index contributed by atoms with van der Waals surface area (Å²) in [5.74, 6) is -0.862. The average Bonchev–Trinajstić information content (AvgIpc) is 3.44. The summed E-state index contributed by atoms with van der Waals surface area (Å²) >= 11 is 0. The molecule has 12 heteroatoms. The number of carbonyl (C=O) groups excluding carboxylic acids is 1. The molecule has 0 bridgehead atoms. The van der Waals surface area contributed by atoms with Gasteiger partial charge >= 0.3 is 0 Å². The maximum Gasteiger partial charge on any atom is 0.243 e. The number of fused-ring (bicyclic) bond motifs is 1. The highest BCUT2D eigenvalue weighted by molar-refractivity contribution is 7.89. The van der Waals surface area contributed by atoms with Crippen molar-refractivity contribution in [2.75, 3.05) is 44.7 Å². The number of sulfonamides is 1. The van der Waals surface area contributed by atoms with Crippen molar-refractivity contribution in [1.29, 1.82) is 0 Å². The van der Waals surface area contributed by atoms with Gasteiger partial charge in [-0.05, 0) is 80.4 Å². The summed E-state index contributed by atoms with van der Waals surface area (Å²) in [7, 11) is -4.17. The van der Waals surface area contributed by atoms with Crippen LogP contribution < -0.4 is 5.32 Å². The fourth-order valence-electron chi connectivity index (χ4n) is 7.07. The number of ether oxygens (including phenoxy) is 1. The molecule has 0 radical (unpaired) electrons. The van der Waals surface area contributed by atoms with Gasteiger partial charge in [0, 0.05) is 73.9 Å². The minimum atomic E-state index is -4.17. The Kier molecular flexibility index (Phi) is 9.88. The van der Waals surface area contributed by atoms with Gasteiger partial charge in [0.1, 0.15) is 11.6 Å². The van der Waals surface area contributed by atoms with Crippen LogP contribution in [0.15, 0.2) is 41.3 Å². The van der Waals surface area contributed by atoms with Crippen molar-refractivity contribution >= 4 is 21.5 Å². The van der Waals surface area contributed by atoms with Gasteiger partial charge in [-0.15, -0.1) is 0 Å². The molecule has 4 heterocycles. The number of aromatic amines is 1. The van der Waals surface area contributed by atoms with Gasteiger partial charge in [-0.2, -0.15) is 9.40 Å². The van der Waals surface area contributed by atoms with Gasteiger partial charge in [-0.25, -0.2) is 17.2 Å². The highest BCUT2D eigenvalue weighted by atomic mass is 32.2. The molecule has 9 nitrogen and oxygen atoms in total. The van der Waals surface area contributed by atoms with Gasteiger partial charge in [-0.3, -0.25) is 9.89 Å². The lowest BCUT2D eigenvalue weighted by Gasteiger charge is -2.36. The molecular weight excluding hydrogens is 612 g/mol. The first-order valence-corrected chi connectivity index (χ1v) is 17.8. The standard InChI is InChI=1S/C34H43F2N5O4S/c1-3-40-10-6-24(22(2)20-40)14-23-4-5-29(32(15-23)37-27-8-12-45-13-9-27)34(42)19-33-30-21-41(11-7-31(30)38-39-33)46(43,44)28-17-25(35)16-26(36)18-28/h4-5,15-18,22,24,27,37H,3,6-14,19-21H2,1-2H3,(H,38,39). The zero-order chi connectivity index (χ0) is 32.4. The molecule has 0 aliphatic carbocycles. The van der Waals surface area contributed by atoms with Crippen molar-refractivity contribution in [2.45, 2.75) is 69.9 Å². The van der Waals surface area contributed by atoms with Crippen molar-refractivity contribution in [3.8, 4) is 0 Å². The van der Waals surface area contributed by atoms with E-state index < -0.39 is 26.6 Å². The summed E-state index contributed by atoms with van der Waals surface area (Å²) in [4.78, 5) is 16.0. The number of piperidine rings is 1. The summed E-state index contributed by atoms with van der Waals surface area (Å²) < 4.78 is 61.1. The molecule has 248 valence electrons. The normalized spacial score (nSPS) is 21.7. The summed E-state index contributed by atoms with van der Waals surface area (Å²) in [6.07, 6.45) is 4.16. The SMILES string of the molecule is CCN1CCC(Cc2ccc(C(=O)Cc3n[nH]c4c3CN(S(=O)(=O)c3cc(F)cc(F)c3)CC4)c(NC3CCOCC3)c2)C(C)C1. The van der Waals surface area contributed by atoms with E-state index in [9.17, 15) is 22.0 Å². The molecule has 1 aromatic heterocycles. The molecule has 3 aliphatic rings. The van der Waals surface area contributed by atoms with Crippen LogP contribution in [0.2, 0.25) is 0 Å². The van der Waals surface area contributed by atoms with Crippen LogP contribution >= 0.6 is 0 Å². The predicted molar refractivity (Wildman–Crippen MR) is 171 cm³/mol. The molecule has 2 unspecified atom stereocenters. The van der Waals surface area contributed by atoms with Crippen LogP contribution in [0.25, 0.3) is 0 Å². The number of nitrogens with one attached hydrogen (secondary N) is 2. The fourth-order valence-corrected chi connectivity index (χ4v) is 8.52. The van der Waals surface area contributed by atoms with Crippen LogP contribution in [0.4, 0.5) is 14.5 Å². The van der Waals surface area contributed by atoms with Crippen LogP contribution in [0, 0.1) is 23.5 Å². The maximum absolute atomic E-state index is 13.9. The number of hydrogen-bond donors (Lipinski definition) is 2. The van der Waals surface area contributed by atoms with E-state index in [-0.39, 0.29) is 31.3 Å². The van der Waals surface area contributed by atoms with E-state index in [0.717, 1.165) is 68.8 Å². The minimum Gasteiger partial charge on any atom is -0.382 e. The molecule has 3 aromatic rings. The predicted octanol–water partition coefficient (Wildman–Crippen LogP) is 4.97. The molecule has 2 atom stereocenters. The molecule has 3 aliphatic heterocycles. The molecule has 46 heavy (non-hydrogen) atoms. The Morgan fingerprint density at radius 3 is 2.57 bits per heavy atom. The number of nitrogens with zero attached hydrogens (tertiary/aromatic N) is 3. The molecule has 2 N–H and O–H groups in total. The number of halogens is 2. The van der Waals surface area contributed by atoms with Gasteiger partial charge < -0.3 is 15.0 Å². The molecular formula is C34H43F2N5O4S. The second-order valence-electron chi connectivity index (χ2n) is 13.0. The Morgan fingerprint density at radius 1 is 1.09 bits per heavy atom. The number of Topliss-reactive ketones (excluding diaryl/α,β-unsaturated/α-hetero) is 1. The number of carbonyl (C=O) groups is 1. The third-order valence-electron chi connectivity index (χ3n) is 9.86. The second-order valence-corrected chi connectivity index (χ2v) is 14.9. The minimum absolute atomic E-state index is 0.0113. The molecule has 2 fully saturated rings.